The van der Waals surface area contributed by atoms with Crippen LogP contribution in [0.3, 0.4) is 0 Å². The molecule has 0 aliphatic heterocycles. The molecular weight excluding hydrogens is 422 g/mol. The summed E-state index contributed by atoms with van der Waals surface area (Å²) in [6, 6.07) is 3.36. The van der Waals surface area contributed by atoms with Crippen LogP contribution in [0.2, 0.25) is 0 Å². The first-order valence-electron chi connectivity index (χ1n) is 11.4. The van der Waals surface area contributed by atoms with Crippen molar-refractivity contribution >= 4 is 18.0 Å². The molecule has 0 bridgehead atoms. The lowest BCUT2D eigenvalue weighted by atomic mass is 9.78. The lowest BCUT2D eigenvalue weighted by molar-refractivity contribution is -0.155. The summed E-state index contributed by atoms with van der Waals surface area (Å²) in [5.74, 6) is -0.902. The van der Waals surface area contributed by atoms with E-state index in [1.165, 1.54) is 0 Å². The molecule has 7 heteroatoms. The highest BCUT2D eigenvalue weighted by molar-refractivity contribution is 5.74. The van der Waals surface area contributed by atoms with Crippen molar-refractivity contribution in [3.63, 3.8) is 0 Å². The van der Waals surface area contributed by atoms with Gasteiger partial charge in [-0.15, -0.1) is 0 Å². The molecule has 0 saturated heterocycles. The second kappa shape index (κ2) is 10.6. The molecule has 2 N–H and O–H groups in total. The quantitative estimate of drug-likeness (QED) is 0.481. The first kappa shape index (κ1) is 28.5. The lowest BCUT2D eigenvalue weighted by Crippen LogP contribution is -2.45. The number of aryl methyl sites for hydroxylation is 2. The van der Waals surface area contributed by atoms with E-state index >= 15 is 0 Å². The molecule has 7 nitrogen and oxygen atoms in total. The van der Waals surface area contributed by atoms with Gasteiger partial charge in [0, 0.05) is 23.4 Å². The monoisotopic (exact) mass is 463 g/mol. The van der Waals surface area contributed by atoms with Gasteiger partial charge in [0.15, 0.2) is 0 Å². The van der Waals surface area contributed by atoms with Crippen LogP contribution in [0.5, 0.6) is 5.75 Å². The van der Waals surface area contributed by atoms with Crippen LogP contribution in [-0.2, 0) is 19.7 Å². The molecule has 0 spiro atoms. The lowest BCUT2D eigenvalue weighted by Gasteiger charge is -2.32. The van der Waals surface area contributed by atoms with Gasteiger partial charge in [-0.25, -0.2) is 4.79 Å². The average molecular weight is 464 g/mol. The van der Waals surface area contributed by atoms with Crippen LogP contribution >= 0.6 is 0 Å². The summed E-state index contributed by atoms with van der Waals surface area (Å²) in [5, 5.41) is 12.3. The van der Waals surface area contributed by atoms with Crippen molar-refractivity contribution in [2.24, 2.45) is 5.41 Å². The number of nitrogens with one attached hydrogen (secondary N) is 1. The molecule has 0 saturated carbocycles. The molecule has 1 rings (SSSR count). The highest BCUT2D eigenvalue weighted by atomic mass is 16.6. The summed E-state index contributed by atoms with van der Waals surface area (Å²) in [5.41, 5.74) is 0.826. The average Bonchev–Trinajstić information content (AvgIpc) is 2.53. The van der Waals surface area contributed by atoms with Gasteiger partial charge in [-0.2, -0.15) is 0 Å². The molecule has 1 amide bonds. The summed E-state index contributed by atoms with van der Waals surface area (Å²) in [6.07, 6.45) is -0.177. The number of ether oxygens (including phenoxy) is 2. The Balaban J connectivity index is 3.08. The molecule has 0 unspecified atom stereocenters. The van der Waals surface area contributed by atoms with Crippen LogP contribution < -0.4 is 10.1 Å². The number of carboxylic acid groups (broad SMARTS) is 1. The number of benzene rings is 1. The normalized spacial score (nSPS) is 13.3. The Morgan fingerprint density at radius 2 is 1.58 bits per heavy atom. The van der Waals surface area contributed by atoms with Crippen molar-refractivity contribution in [2.75, 3.05) is 0 Å². The fraction of sp³-hybridized carbons (Fsp3) is 0.654. The first-order valence-corrected chi connectivity index (χ1v) is 11.4. The third-order valence-corrected chi connectivity index (χ3v) is 5.31. The highest BCUT2D eigenvalue weighted by Crippen LogP contribution is 2.38. The number of rotatable bonds is 8. The molecule has 0 aliphatic rings. The minimum Gasteiger partial charge on any atom is -0.481 e. The van der Waals surface area contributed by atoms with Crippen molar-refractivity contribution in [1.82, 2.24) is 5.32 Å². The zero-order chi connectivity index (χ0) is 25.8. The van der Waals surface area contributed by atoms with E-state index < -0.39 is 23.1 Å². The predicted octanol–water partition coefficient (Wildman–Crippen LogP) is 5.68. The third-order valence-electron chi connectivity index (χ3n) is 5.31. The summed E-state index contributed by atoms with van der Waals surface area (Å²) in [6.45, 7) is 18.8. The Hall–Kier alpha value is -2.57. The van der Waals surface area contributed by atoms with E-state index in [1.54, 1.807) is 6.07 Å². The van der Waals surface area contributed by atoms with E-state index in [4.69, 9.17) is 9.47 Å². The summed E-state index contributed by atoms with van der Waals surface area (Å²) < 4.78 is 11.1. The van der Waals surface area contributed by atoms with Crippen LogP contribution in [0, 0.1) is 19.3 Å². The maximum Gasteiger partial charge on any atom is 0.412 e. The van der Waals surface area contributed by atoms with E-state index in [0.717, 1.165) is 11.1 Å². The summed E-state index contributed by atoms with van der Waals surface area (Å²) in [4.78, 5) is 36.5. The molecule has 0 heterocycles. The standard InChI is InChI=1S/C26H41NO6/c1-16-13-17(2)22(26(9,10)15-20(28)29)18(14-16)32-23(31)27-19(24(3,4)5)11-12-21(30)33-25(6,7)8/h13-14,19H,11-12,15H2,1-10H3,(H,27,31)(H,28,29)/t19-/m0/s1. The number of carboxylic acids is 1. The van der Waals surface area contributed by atoms with Crippen molar-refractivity contribution in [3.8, 4) is 5.75 Å². The zero-order valence-corrected chi connectivity index (χ0v) is 21.8. The Kier molecular flexibility index (Phi) is 9.12. The zero-order valence-electron chi connectivity index (χ0n) is 21.8. The smallest absolute Gasteiger partial charge is 0.412 e. The number of esters is 1. The topological polar surface area (TPSA) is 102 Å². The van der Waals surface area contributed by atoms with Gasteiger partial charge in [-0.1, -0.05) is 40.7 Å². The van der Waals surface area contributed by atoms with E-state index in [-0.39, 0.29) is 30.3 Å². The van der Waals surface area contributed by atoms with Crippen LogP contribution in [0.1, 0.15) is 91.3 Å². The third kappa shape index (κ3) is 9.44. The molecular formula is C26H41NO6. The van der Waals surface area contributed by atoms with Crippen LogP contribution in [0.15, 0.2) is 12.1 Å². The number of carbonyl (C=O) groups excluding carboxylic acids is 2. The van der Waals surface area contributed by atoms with Gasteiger partial charge >= 0.3 is 18.0 Å². The fourth-order valence-corrected chi connectivity index (χ4v) is 3.99. The van der Waals surface area contributed by atoms with Crippen LogP contribution in [0.25, 0.3) is 0 Å². The predicted molar refractivity (Wildman–Crippen MR) is 129 cm³/mol. The number of aliphatic carboxylic acids is 1. The number of amides is 1. The SMILES string of the molecule is Cc1cc(C)c(C(C)(C)CC(=O)O)c(OC(=O)N[C@@H](CCC(=O)OC(C)(C)C)C(C)(C)C)c1. The highest BCUT2D eigenvalue weighted by Gasteiger charge is 2.32. The largest absolute Gasteiger partial charge is 0.481 e. The number of hydrogen-bond donors (Lipinski definition) is 2. The van der Waals surface area contributed by atoms with Gasteiger partial charge in [0.2, 0.25) is 0 Å². The molecule has 1 aromatic carbocycles. The molecule has 1 atom stereocenters. The van der Waals surface area contributed by atoms with E-state index in [9.17, 15) is 19.5 Å². The van der Waals surface area contributed by atoms with Crippen LogP contribution in [0.4, 0.5) is 4.79 Å². The molecule has 0 radical (unpaired) electrons. The number of hydrogen-bond acceptors (Lipinski definition) is 5. The van der Waals surface area contributed by atoms with Crippen molar-refractivity contribution < 1.29 is 29.0 Å². The maximum absolute atomic E-state index is 12.9. The van der Waals surface area contributed by atoms with E-state index in [1.807, 2.05) is 75.3 Å². The fourth-order valence-electron chi connectivity index (χ4n) is 3.99. The van der Waals surface area contributed by atoms with Gasteiger partial charge in [-0.05, 0) is 63.6 Å². The second-order valence-corrected chi connectivity index (χ2v) is 11.5. The molecule has 186 valence electrons. The van der Waals surface area contributed by atoms with Gasteiger partial charge < -0.3 is 19.9 Å². The Labute approximate surface area is 198 Å². The molecule has 0 aliphatic carbocycles. The molecule has 1 aromatic rings. The maximum atomic E-state index is 12.9. The molecule has 0 fully saturated rings. The van der Waals surface area contributed by atoms with E-state index in [2.05, 4.69) is 5.32 Å². The van der Waals surface area contributed by atoms with Gasteiger partial charge in [0.05, 0.1) is 6.42 Å². The van der Waals surface area contributed by atoms with Crippen molar-refractivity contribution in [3.05, 3.63) is 28.8 Å². The minimum atomic E-state index is -0.926. The minimum absolute atomic E-state index is 0.102. The Bertz CT molecular complexity index is 874. The Morgan fingerprint density at radius 1 is 1.00 bits per heavy atom. The number of carbonyl (C=O) groups is 3. The van der Waals surface area contributed by atoms with Gasteiger partial charge in [0.1, 0.15) is 11.4 Å². The van der Waals surface area contributed by atoms with Gasteiger partial charge in [-0.3, -0.25) is 9.59 Å². The first-order chi connectivity index (χ1) is 14.8. The molecule has 0 aromatic heterocycles. The molecule has 33 heavy (non-hydrogen) atoms. The Morgan fingerprint density at radius 3 is 2.06 bits per heavy atom. The van der Waals surface area contributed by atoms with E-state index in [0.29, 0.717) is 17.7 Å². The summed E-state index contributed by atoms with van der Waals surface area (Å²) in [7, 11) is 0. The summed E-state index contributed by atoms with van der Waals surface area (Å²) >= 11 is 0. The van der Waals surface area contributed by atoms with Crippen molar-refractivity contribution in [1.29, 1.82) is 0 Å². The van der Waals surface area contributed by atoms with Gasteiger partial charge in [0.25, 0.3) is 0 Å². The second-order valence-electron chi connectivity index (χ2n) is 11.5. The van der Waals surface area contributed by atoms with Crippen LogP contribution in [-0.4, -0.2) is 34.8 Å². The van der Waals surface area contributed by atoms with Crippen molar-refractivity contribution in [2.45, 2.75) is 106 Å².